The molecule has 2 aromatic rings. The van der Waals surface area contributed by atoms with Gasteiger partial charge >= 0.3 is 5.91 Å². The lowest BCUT2D eigenvalue weighted by Gasteiger charge is -2.27. The summed E-state index contributed by atoms with van der Waals surface area (Å²) in [6, 6.07) is 3.78. The molecule has 34 heavy (non-hydrogen) atoms. The summed E-state index contributed by atoms with van der Waals surface area (Å²) >= 11 is 0. The predicted octanol–water partition coefficient (Wildman–Crippen LogP) is 1.29. The number of anilines is 1. The molecule has 9 nitrogen and oxygen atoms in total. The van der Waals surface area contributed by atoms with Crippen LogP contribution in [0.15, 0.2) is 18.2 Å². The Morgan fingerprint density at radius 3 is 2.18 bits per heavy atom. The van der Waals surface area contributed by atoms with E-state index in [4.69, 9.17) is 5.73 Å². The number of amides is 2. The molecule has 2 amide bonds. The van der Waals surface area contributed by atoms with Gasteiger partial charge in [-0.05, 0) is 61.9 Å². The molecule has 1 aromatic carbocycles. The molecule has 182 valence electrons. The fourth-order valence-corrected chi connectivity index (χ4v) is 6.07. The highest BCUT2D eigenvalue weighted by Gasteiger charge is 2.61. The summed E-state index contributed by atoms with van der Waals surface area (Å²) in [6.07, 6.45) is 1.14. The van der Waals surface area contributed by atoms with Crippen molar-refractivity contribution in [3.05, 3.63) is 52.1 Å². The van der Waals surface area contributed by atoms with Gasteiger partial charge in [0.2, 0.25) is 10.0 Å². The number of ketones is 1. The lowest BCUT2D eigenvalue weighted by atomic mass is 10.1. The first-order valence-corrected chi connectivity index (χ1v) is 12.6. The van der Waals surface area contributed by atoms with Crippen LogP contribution in [0.5, 0.6) is 0 Å². The topological polar surface area (TPSA) is 123 Å². The monoisotopic (exact) mass is 490 g/mol. The van der Waals surface area contributed by atoms with Crippen molar-refractivity contribution in [2.75, 3.05) is 24.2 Å². The zero-order chi connectivity index (χ0) is 25.3. The van der Waals surface area contributed by atoms with Crippen LogP contribution < -0.4 is 10.6 Å². The first-order chi connectivity index (χ1) is 15.8. The molecule has 0 bridgehead atoms. The molecule has 0 spiro atoms. The van der Waals surface area contributed by atoms with E-state index in [2.05, 4.69) is 0 Å². The van der Waals surface area contributed by atoms with Crippen molar-refractivity contribution in [1.29, 1.82) is 0 Å². The third kappa shape index (κ3) is 3.72. The van der Waals surface area contributed by atoms with Gasteiger partial charge in [-0.1, -0.05) is 0 Å². The molecule has 1 aromatic heterocycles. The van der Waals surface area contributed by atoms with Crippen LogP contribution in [0.3, 0.4) is 0 Å². The molecule has 2 fully saturated rings. The lowest BCUT2D eigenvalue weighted by molar-refractivity contribution is -0.115. The summed E-state index contributed by atoms with van der Waals surface area (Å²) in [5.41, 5.74) is 7.19. The van der Waals surface area contributed by atoms with Gasteiger partial charge in [0, 0.05) is 37.6 Å². The molecule has 2 N–H and O–H groups in total. The minimum atomic E-state index is -3.37. The van der Waals surface area contributed by atoms with E-state index in [0.717, 1.165) is 6.26 Å². The number of halogens is 1. The number of fused-ring (bicyclic) bond motifs is 1. The minimum Gasteiger partial charge on any atom is -0.366 e. The van der Waals surface area contributed by atoms with Gasteiger partial charge < -0.3 is 15.2 Å². The number of piperidine rings is 1. The predicted molar refractivity (Wildman–Crippen MR) is 124 cm³/mol. The van der Waals surface area contributed by atoms with Crippen molar-refractivity contribution >= 4 is 33.3 Å². The summed E-state index contributed by atoms with van der Waals surface area (Å²) in [4.78, 5) is 40.4. The number of nitrogens with zero attached hydrogens (tertiary/aromatic N) is 3. The number of nitrogens with two attached hydrogens (primary N) is 1. The Balaban J connectivity index is 1.73. The van der Waals surface area contributed by atoms with E-state index in [9.17, 15) is 27.2 Å². The Hall–Kier alpha value is -3.05. The number of sulfonamides is 1. The minimum absolute atomic E-state index is 0.0590. The average Bonchev–Trinajstić information content (AvgIpc) is 3.09. The first-order valence-electron chi connectivity index (χ1n) is 10.8. The van der Waals surface area contributed by atoms with E-state index in [-0.39, 0.29) is 36.2 Å². The number of carbonyl (C=O) groups excluding carboxylic acids is 3. The van der Waals surface area contributed by atoms with Crippen molar-refractivity contribution in [1.82, 2.24) is 8.87 Å². The Morgan fingerprint density at radius 2 is 1.71 bits per heavy atom. The fourth-order valence-electron chi connectivity index (χ4n) is 5.19. The van der Waals surface area contributed by atoms with Gasteiger partial charge in [-0.3, -0.25) is 14.4 Å². The second-order valence-corrected chi connectivity index (χ2v) is 11.2. The van der Waals surface area contributed by atoms with Crippen LogP contribution in [0.1, 0.15) is 37.7 Å². The van der Waals surface area contributed by atoms with Crippen LogP contribution in [-0.2, 0) is 21.9 Å². The molecule has 1 saturated carbocycles. The highest BCUT2D eigenvalue weighted by Crippen LogP contribution is 2.51. The quantitative estimate of drug-likeness (QED) is 0.483. The van der Waals surface area contributed by atoms with Gasteiger partial charge in [0.1, 0.15) is 5.82 Å². The van der Waals surface area contributed by atoms with E-state index in [1.807, 2.05) is 0 Å². The molecule has 11 heteroatoms. The lowest BCUT2D eigenvalue weighted by Crippen LogP contribution is -2.44. The Kier molecular flexibility index (Phi) is 5.68. The summed E-state index contributed by atoms with van der Waals surface area (Å²) < 4.78 is 40.7. The van der Waals surface area contributed by atoms with E-state index >= 15 is 0 Å². The summed E-state index contributed by atoms with van der Waals surface area (Å²) in [5, 5.41) is 0. The largest absolute Gasteiger partial charge is 0.366 e. The van der Waals surface area contributed by atoms with Crippen LogP contribution in [0.2, 0.25) is 0 Å². The molecular formula is C23H27FN4O5S. The van der Waals surface area contributed by atoms with Gasteiger partial charge in [-0.25, -0.2) is 17.1 Å². The number of aromatic nitrogens is 1. The standard InChI is InChI=1S/C23H27FN4O5S/c1-11-8-14(6-7-17(11)24)28(20-15-9-27(10-16(15)20)34(5,32)33)23(31)21(29)19-12(2)18(22(25)30)13(3)26(19)4/h6-8,15-16,20H,9-10H2,1-5H3,(H2,25,30). The van der Waals surface area contributed by atoms with Crippen molar-refractivity contribution in [3.63, 3.8) is 0 Å². The zero-order valence-electron chi connectivity index (χ0n) is 19.6. The van der Waals surface area contributed by atoms with Gasteiger partial charge in [-0.15, -0.1) is 0 Å². The number of rotatable bonds is 6. The summed E-state index contributed by atoms with van der Waals surface area (Å²) in [5.74, 6) is -3.04. The second-order valence-electron chi connectivity index (χ2n) is 9.19. The van der Waals surface area contributed by atoms with Crippen molar-refractivity contribution < 1.29 is 27.2 Å². The van der Waals surface area contributed by atoms with Crippen molar-refractivity contribution in [3.8, 4) is 0 Å². The smallest absolute Gasteiger partial charge is 0.301 e. The number of hydrogen-bond acceptors (Lipinski definition) is 5. The maximum atomic E-state index is 14.0. The maximum absolute atomic E-state index is 14.0. The van der Waals surface area contributed by atoms with Crippen LogP contribution in [0.4, 0.5) is 10.1 Å². The highest BCUT2D eigenvalue weighted by molar-refractivity contribution is 7.88. The van der Waals surface area contributed by atoms with Crippen molar-refractivity contribution in [2.24, 2.45) is 24.6 Å². The van der Waals surface area contributed by atoms with E-state index < -0.39 is 39.5 Å². The molecular weight excluding hydrogens is 463 g/mol. The van der Waals surface area contributed by atoms with Gasteiger partial charge in [-0.2, -0.15) is 0 Å². The SMILES string of the molecule is Cc1cc(N(C(=O)C(=O)c2c(C)c(C(N)=O)c(C)n2C)C2C3CN(S(C)(=O)=O)CC32)ccc1F. The number of aryl methyl sites for hydroxylation is 1. The number of carbonyl (C=O) groups is 3. The van der Waals surface area contributed by atoms with E-state index in [1.54, 1.807) is 27.8 Å². The maximum Gasteiger partial charge on any atom is 0.301 e. The number of primary amides is 1. The normalized spacial score (nSPS) is 21.9. The first kappa shape index (κ1) is 24.1. The summed E-state index contributed by atoms with van der Waals surface area (Å²) in [6.45, 7) is 5.27. The van der Waals surface area contributed by atoms with Gasteiger partial charge in [0.15, 0.2) is 0 Å². The number of benzene rings is 1. The molecule has 2 aliphatic rings. The second kappa shape index (κ2) is 8.02. The highest BCUT2D eigenvalue weighted by atomic mass is 32.2. The van der Waals surface area contributed by atoms with Gasteiger partial charge in [0.05, 0.1) is 17.5 Å². The van der Waals surface area contributed by atoms with E-state index in [0.29, 0.717) is 22.5 Å². The Bertz CT molecular complexity index is 1340. The molecule has 2 heterocycles. The van der Waals surface area contributed by atoms with Crippen LogP contribution >= 0.6 is 0 Å². The van der Waals surface area contributed by atoms with Crippen LogP contribution in [-0.4, -0.2) is 60.3 Å². The Labute approximate surface area is 197 Å². The number of hydrogen-bond donors (Lipinski definition) is 1. The Morgan fingerprint density at radius 1 is 1.12 bits per heavy atom. The third-order valence-electron chi connectivity index (χ3n) is 7.11. The molecule has 1 saturated heterocycles. The molecule has 4 rings (SSSR count). The van der Waals surface area contributed by atoms with Gasteiger partial charge in [0.25, 0.3) is 11.7 Å². The van der Waals surface area contributed by atoms with Crippen molar-refractivity contribution in [2.45, 2.75) is 26.8 Å². The van der Waals surface area contributed by atoms with Crippen LogP contribution in [0.25, 0.3) is 0 Å². The molecule has 2 atom stereocenters. The molecule has 1 aliphatic heterocycles. The third-order valence-corrected chi connectivity index (χ3v) is 8.34. The average molecular weight is 491 g/mol. The summed E-state index contributed by atoms with van der Waals surface area (Å²) in [7, 11) is -1.78. The number of Topliss-reactive ketones (excluding diaryl/α,β-unsaturated/α-hetero) is 1. The van der Waals surface area contributed by atoms with E-state index in [1.165, 1.54) is 32.0 Å². The zero-order valence-corrected chi connectivity index (χ0v) is 20.4. The molecule has 2 unspecified atom stereocenters. The fraction of sp³-hybridized carbons (Fsp3) is 0.435. The molecule has 1 aliphatic carbocycles. The van der Waals surface area contributed by atoms with Crippen LogP contribution in [0, 0.1) is 38.4 Å². The molecule has 0 radical (unpaired) electrons.